The van der Waals surface area contributed by atoms with Gasteiger partial charge in [-0.2, -0.15) is 11.8 Å². The zero-order valence-electron chi connectivity index (χ0n) is 8.94. The third kappa shape index (κ3) is 2.39. The van der Waals surface area contributed by atoms with Crippen LogP contribution >= 0.6 is 11.8 Å². The average molecular weight is 240 g/mol. The molecule has 0 radical (unpaired) electrons. The number of halogens is 1. The number of hydrogen-bond acceptors (Lipinski definition) is 3. The Labute approximate surface area is 97.5 Å². The van der Waals surface area contributed by atoms with Crippen molar-refractivity contribution in [3.05, 3.63) is 35.8 Å². The van der Waals surface area contributed by atoms with Crippen molar-refractivity contribution in [2.75, 3.05) is 12.0 Å². The number of hydrogen-bond donors (Lipinski definition) is 1. The van der Waals surface area contributed by atoms with Gasteiger partial charge >= 0.3 is 0 Å². The number of fused-ring (bicyclic) bond motifs is 1. The van der Waals surface area contributed by atoms with Crippen molar-refractivity contribution >= 4 is 22.7 Å². The molecule has 1 N–H and O–H groups in total. The van der Waals surface area contributed by atoms with Crippen LogP contribution in [-0.4, -0.2) is 17.1 Å². The van der Waals surface area contributed by atoms with Crippen LogP contribution < -0.4 is 0 Å². The van der Waals surface area contributed by atoms with E-state index >= 15 is 0 Å². The fourth-order valence-corrected chi connectivity index (χ4v) is 2.03. The Kier molecular flexibility index (Phi) is 3.51. The summed E-state index contributed by atoms with van der Waals surface area (Å²) >= 11 is 1.67. The van der Waals surface area contributed by atoms with E-state index in [-0.39, 0.29) is 5.82 Å². The molecule has 0 bridgehead atoms. The number of furan rings is 1. The van der Waals surface area contributed by atoms with Gasteiger partial charge in [-0.3, -0.25) is 0 Å². The molecule has 1 aromatic carbocycles. The van der Waals surface area contributed by atoms with Gasteiger partial charge in [0.05, 0.1) is 0 Å². The quantitative estimate of drug-likeness (QED) is 0.889. The first-order valence-electron chi connectivity index (χ1n) is 5.06. The highest BCUT2D eigenvalue weighted by molar-refractivity contribution is 7.98. The van der Waals surface area contributed by atoms with Crippen LogP contribution in [0.2, 0.25) is 0 Å². The standard InChI is InChI=1S/C12H13FO2S/c1-16-5-4-10(14)12-7-8-6-9(13)2-3-11(8)15-12/h2-3,6-7,10,14H,4-5H2,1H3. The summed E-state index contributed by atoms with van der Waals surface area (Å²) < 4.78 is 18.4. The van der Waals surface area contributed by atoms with E-state index in [2.05, 4.69) is 0 Å². The molecule has 1 aromatic heterocycles. The summed E-state index contributed by atoms with van der Waals surface area (Å²) in [6, 6.07) is 6.03. The smallest absolute Gasteiger partial charge is 0.134 e. The minimum atomic E-state index is -0.608. The van der Waals surface area contributed by atoms with Crippen LogP contribution in [0.25, 0.3) is 11.0 Å². The summed E-state index contributed by atoms with van der Waals surface area (Å²) in [6.45, 7) is 0. The van der Waals surface area contributed by atoms with Crippen molar-refractivity contribution in [2.45, 2.75) is 12.5 Å². The molecule has 2 aromatic rings. The molecular weight excluding hydrogens is 227 g/mol. The maximum atomic E-state index is 12.9. The van der Waals surface area contributed by atoms with Crippen LogP contribution in [0.5, 0.6) is 0 Å². The minimum Gasteiger partial charge on any atom is -0.458 e. The summed E-state index contributed by atoms with van der Waals surface area (Å²) in [5.41, 5.74) is 0.611. The highest BCUT2D eigenvalue weighted by Gasteiger charge is 2.13. The second kappa shape index (κ2) is 4.89. The topological polar surface area (TPSA) is 33.4 Å². The van der Waals surface area contributed by atoms with Gasteiger partial charge in [0.15, 0.2) is 0 Å². The molecule has 1 unspecified atom stereocenters. The van der Waals surface area contributed by atoms with Crippen molar-refractivity contribution in [3.8, 4) is 0 Å². The molecule has 4 heteroatoms. The van der Waals surface area contributed by atoms with Gasteiger partial charge in [-0.1, -0.05) is 0 Å². The fraction of sp³-hybridized carbons (Fsp3) is 0.333. The zero-order valence-corrected chi connectivity index (χ0v) is 9.76. The van der Waals surface area contributed by atoms with Gasteiger partial charge in [0.1, 0.15) is 23.3 Å². The van der Waals surface area contributed by atoms with Crippen LogP contribution in [0.4, 0.5) is 4.39 Å². The molecule has 2 nitrogen and oxygen atoms in total. The van der Waals surface area contributed by atoms with Crippen LogP contribution in [-0.2, 0) is 0 Å². The Balaban J connectivity index is 2.25. The molecule has 0 fully saturated rings. The second-order valence-electron chi connectivity index (χ2n) is 3.63. The summed E-state index contributed by atoms with van der Waals surface area (Å²) in [7, 11) is 0. The van der Waals surface area contributed by atoms with E-state index in [1.54, 1.807) is 23.9 Å². The summed E-state index contributed by atoms with van der Waals surface area (Å²) in [5, 5.41) is 10.5. The van der Waals surface area contributed by atoms with Crippen molar-refractivity contribution in [1.29, 1.82) is 0 Å². The van der Waals surface area contributed by atoms with E-state index in [0.717, 1.165) is 5.75 Å². The predicted octanol–water partition coefficient (Wildman–Crippen LogP) is 3.36. The third-order valence-corrected chi connectivity index (χ3v) is 3.07. The van der Waals surface area contributed by atoms with Crippen LogP contribution in [0, 0.1) is 5.82 Å². The fourth-order valence-electron chi connectivity index (χ4n) is 1.57. The van der Waals surface area contributed by atoms with Crippen molar-refractivity contribution in [3.63, 3.8) is 0 Å². The van der Waals surface area contributed by atoms with Gasteiger partial charge in [0.2, 0.25) is 0 Å². The Bertz CT molecular complexity index is 481. The molecule has 1 atom stereocenters. The minimum absolute atomic E-state index is 0.293. The normalized spacial score (nSPS) is 13.2. The molecule has 0 aliphatic heterocycles. The van der Waals surface area contributed by atoms with E-state index in [1.165, 1.54) is 12.1 Å². The number of aliphatic hydroxyl groups excluding tert-OH is 1. The Morgan fingerprint density at radius 2 is 2.25 bits per heavy atom. The molecule has 16 heavy (non-hydrogen) atoms. The van der Waals surface area contributed by atoms with Crippen molar-refractivity contribution in [2.24, 2.45) is 0 Å². The Morgan fingerprint density at radius 1 is 1.44 bits per heavy atom. The maximum absolute atomic E-state index is 12.9. The van der Waals surface area contributed by atoms with Gasteiger partial charge in [-0.25, -0.2) is 4.39 Å². The molecule has 2 rings (SSSR count). The van der Waals surface area contributed by atoms with Gasteiger partial charge < -0.3 is 9.52 Å². The number of aliphatic hydroxyl groups is 1. The lowest BCUT2D eigenvalue weighted by atomic mass is 10.2. The largest absolute Gasteiger partial charge is 0.458 e. The van der Waals surface area contributed by atoms with E-state index in [1.807, 2.05) is 6.26 Å². The summed E-state index contributed by atoms with van der Waals surface area (Å²) in [6.07, 6.45) is 2.02. The predicted molar refractivity (Wildman–Crippen MR) is 64.1 cm³/mol. The summed E-state index contributed by atoms with van der Waals surface area (Å²) in [4.78, 5) is 0. The molecule has 0 aliphatic carbocycles. The average Bonchev–Trinajstić information content (AvgIpc) is 2.68. The number of rotatable bonds is 4. The van der Waals surface area contributed by atoms with Gasteiger partial charge in [-0.15, -0.1) is 0 Å². The number of benzene rings is 1. The van der Waals surface area contributed by atoms with Gasteiger partial charge in [-0.05, 0) is 42.7 Å². The molecule has 86 valence electrons. The first-order valence-corrected chi connectivity index (χ1v) is 6.46. The Hall–Kier alpha value is -1.00. The first kappa shape index (κ1) is 11.5. The monoisotopic (exact) mass is 240 g/mol. The lowest BCUT2D eigenvalue weighted by Gasteiger charge is -2.04. The lowest BCUT2D eigenvalue weighted by Crippen LogP contribution is -1.96. The molecule has 1 heterocycles. The third-order valence-electron chi connectivity index (χ3n) is 2.42. The molecule has 0 amide bonds. The number of thioether (sulfide) groups is 1. The van der Waals surface area contributed by atoms with E-state index in [0.29, 0.717) is 23.2 Å². The molecular formula is C12H13FO2S. The lowest BCUT2D eigenvalue weighted by molar-refractivity contribution is 0.149. The molecule has 0 spiro atoms. The van der Waals surface area contributed by atoms with E-state index in [9.17, 15) is 9.50 Å². The van der Waals surface area contributed by atoms with Gasteiger partial charge in [0, 0.05) is 5.39 Å². The van der Waals surface area contributed by atoms with Crippen molar-refractivity contribution < 1.29 is 13.9 Å². The van der Waals surface area contributed by atoms with E-state index < -0.39 is 6.10 Å². The molecule has 0 saturated carbocycles. The van der Waals surface area contributed by atoms with Gasteiger partial charge in [0.25, 0.3) is 0 Å². The molecule has 0 saturated heterocycles. The highest BCUT2D eigenvalue weighted by atomic mass is 32.2. The van der Waals surface area contributed by atoms with Crippen molar-refractivity contribution in [1.82, 2.24) is 0 Å². The molecule has 0 aliphatic rings. The highest BCUT2D eigenvalue weighted by Crippen LogP contribution is 2.26. The van der Waals surface area contributed by atoms with Crippen LogP contribution in [0.1, 0.15) is 18.3 Å². The Morgan fingerprint density at radius 3 is 3.00 bits per heavy atom. The van der Waals surface area contributed by atoms with Crippen LogP contribution in [0.3, 0.4) is 0 Å². The summed E-state index contributed by atoms with van der Waals surface area (Å²) in [5.74, 6) is 1.08. The first-order chi connectivity index (χ1) is 7.70. The zero-order chi connectivity index (χ0) is 11.5. The second-order valence-corrected chi connectivity index (χ2v) is 4.61. The maximum Gasteiger partial charge on any atom is 0.134 e. The SMILES string of the molecule is CSCCC(O)c1cc2cc(F)ccc2o1. The van der Waals surface area contributed by atoms with E-state index in [4.69, 9.17) is 4.42 Å². The van der Waals surface area contributed by atoms with Crippen LogP contribution in [0.15, 0.2) is 28.7 Å².